The van der Waals surface area contributed by atoms with Gasteiger partial charge in [0, 0.05) is 12.6 Å². The Kier molecular flexibility index (Phi) is 2.87. The highest BCUT2D eigenvalue weighted by Gasteiger charge is 2.01. The van der Waals surface area contributed by atoms with Crippen molar-refractivity contribution in [2.24, 2.45) is 0 Å². The summed E-state index contributed by atoms with van der Waals surface area (Å²) in [6, 6.07) is 5.84. The Morgan fingerprint density at radius 1 is 1.20 bits per heavy atom. The maximum atomic E-state index is 5.42. The summed E-state index contributed by atoms with van der Waals surface area (Å²) in [6.07, 6.45) is 0. The topological polar surface area (TPSA) is 51.2 Å². The molecule has 0 aromatic carbocycles. The molecule has 15 heavy (non-hydrogen) atoms. The Labute approximate surface area is 88.3 Å². The summed E-state index contributed by atoms with van der Waals surface area (Å²) in [5.41, 5.74) is 0.913. The van der Waals surface area contributed by atoms with Crippen LogP contribution in [0.3, 0.4) is 0 Å². The van der Waals surface area contributed by atoms with E-state index in [1.54, 1.807) is 0 Å². The van der Waals surface area contributed by atoms with Crippen LogP contribution in [0.25, 0.3) is 0 Å². The molecule has 0 radical (unpaired) electrons. The predicted molar refractivity (Wildman–Crippen MR) is 55.2 cm³/mol. The molecule has 0 fully saturated rings. The molecule has 4 heteroatoms. The van der Waals surface area contributed by atoms with E-state index in [1.165, 1.54) is 0 Å². The standard InChI is InChI=1S/C11H14N2O2/c1-8-3-4-11(14-8)7-12-6-10-5-9(2)15-13-10/h3-5,12H,6-7H2,1-2H3. The first-order chi connectivity index (χ1) is 7.24. The van der Waals surface area contributed by atoms with E-state index < -0.39 is 0 Å². The molecule has 0 aliphatic carbocycles. The lowest BCUT2D eigenvalue weighted by atomic mass is 10.3. The van der Waals surface area contributed by atoms with Crippen LogP contribution in [0.5, 0.6) is 0 Å². The zero-order valence-corrected chi connectivity index (χ0v) is 8.91. The molecule has 0 aliphatic heterocycles. The second kappa shape index (κ2) is 4.31. The number of nitrogens with one attached hydrogen (secondary N) is 1. The van der Waals surface area contributed by atoms with Crippen LogP contribution in [-0.2, 0) is 13.1 Å². The van der Waals surface area contributed by atoms with Gasteiger partial charge in [0.1, 0.15) is 17.3 Å². The van der Waals surface area contributed by atoms with Crippen molar-refractivity contribution < 1.29 is 8.94 Å². The Hall–Kier alpha value is -1.55. The van der Waals surface area contributed by atoms with Crippen molar-refractivity contribution in [2.45, 2.75) is 26.9 Å². The van der Waals surface area contributed by atoms with Gasteiger partial charge in [-0.25, -0.2) is 0 Å². The van der Waals surface area contributed by atoms with E-state index >= 15 is 0 Å². The van der Waals surface area contributed by atoms with Crippen LogP contribution in [-0.4, -0.2) is 5.16 Å². The molecule has 1 N–H and O–H groups in total. The minimum Gasteiger partial charge on any atom is -0.465 e. The molecular weight excluding hydrogens is 192 g/mol. The number of aromatic nitrogens is 1. The lowest BCUT2D eigenvalue weighted by Gasteiger charge is -1.98. The second-order valence-electron chi connectivity index (χ2n) is 3.54. The summed E-state index contributed by atoms with van der Waals surface area (Å²) in [4.78, 5) is 0. The fourth-order valence-corrected chi connectivity index (χ4v) is 1.40. The average Bonchev–Trinajstić information content (AvgIpc) is 2.76. The molecular formula is C11H14N2O2. The van der Waals surface area contributed by atoms with Crippen LogP contribution in [0.1, 0.15) is 23.0 Å². The molecule has 4 nitrogen and oxygen atoms in total. The van der Waals surface area contributed by atoms with Gasteiger partial charge in [-0.3, -0.25) is 0 Å². The van der Waals surface area contributed by atoms with Gasteiger partial charge in [0.25, 0.3) is 0 Å². The zero-order chi connectivity index (χ0) is 10.7. The molecule has 0 bridgehead atoms. The molecule has 0 aliphatic rings. The summed E-state index contributed by atoms with van der Waals surface area (Å²) >= 11 is 0. The van der Waals surface area contributed by atoms with Gasteiger partial charge in [-0.1, -0.05) is 5.16 Å². The van der Waals surface area contributed by atoms with Crippen molar-refractivity contribution in [3.05, 3.63) is 41.2 Å². The minimum atomic E-state index is 0.692. The van der Waals surface area contributed by atoms with Crippen LogP contribution >= 0.6 is 0 Å². The van der Waals surface area contributed by atoms with Crippen molar-refractivity contribution in [1.82, 2.24) is 10.5 Å². The predicted octanol–water partition coefficient (Wildman–Crippen LogP) is 2.17. The third-order valence-corrected chi connectivity index (χ3v) is 2.08. The van der Waals surface area contributed by atoms with Crippen molar-refractivity contribution in [1.29, 1.82) is 0 Å². The fourth-order valence-electron chi connectivity index (χ4n) is 1.40. The maximum absolute atomic E-state index is 5.42. The van der Waals surface area contributed by atoms with E-state index in [2.05, 4.69) is 10.5 Å². The first-order valence-electron chi connectivity index (χ1n) is 4.92. The summed E-state index contributed by atoms with van der Waals surface area (Å²) in [6.45, 7) is 5.22. The van der Waals surface area contributed by atoms with Crippen LogP contribution in [0.2, 0.25) is 0 Å². The number of nitrogens with zero attached hydrogens (tertiary/aromatic N) is 1. The van der Waals surface area contributed by atoms with Crippen molar-refractivity contribution in [3.63, 3.8) is 0 Å². The summed E-state index contributed by atoms with van der Waals surface area (Å²) in [7, 11) is 0. The number of hydrogen-bond donors (Lipinski definition) is 1. The molecule has 2 heterocycles. The number of rotatable bonds is 4. The second-order valence-corrected chi connectivity index (χ2v) is 3.54. The molecule has 2 aromatic heterocycles. The highest BCUT2D eigenvalue weighted by atomic mass is 16.5. The highest BCUT2D eigenvalue weighted by Crippen LogP contribution is 2.06. The monoisotopic (exact) mass is 206 g/mol. The summed E-state index contributed by atoms with van der Waals surface area (Å²) in [5, 5.41) is 7.11. The molecule has 0 saturated carbocycles. The van der Waals surface area contributed by atoms with Crippen LogP contribution in [0.4, 0.5) is 0 Å². The van der Waals surface area contributed by atoms with E-state index in [0.29, 0.717) is 13.1 Å². The van der Waals surface area contributed by atoms with Crippen LogP contribution < -0.4 is 5.32 Å². The van der Waals surface area contributed by atoms with E-state index in [4.69, 9.17) is 8.94 Å². The number of furan rings is 1. The lowest BCUT2D eigenvalue weighted by Crippen LogP contribution is -2.12. The van der Waals surface area contributed by atoms with E-state index in [1.807, 2.05) is 32.0 Å². The van der Waals surface area contributed by atoms with Crippen molar-refractivity contribution >= 4 is 0 Å². The third-order valence-electron chi connectivity index (χ3n) is 2.08. The molecule has 0 amide bonds. The smallest absolute Gasteiger partial charge is 0.133 e. The Balaban J connectivity index is 1.80. The minimum absolute atomic E-state index is 0.692. The van der Waals surface area contributed by atoms with Crippen LogP contribution in [0.15, 0.2) is 27.1 Å². The molecule has 80 valence electrons. The van der Waals surface area contributed by atoms with Gasteiger partial charge in [-0.2, -0.15) is 0 Å². The van der Waals surface area contributed by atoms with Gasteiger partial charge in [0.2, 0.25) is 0 Å². The Morgan fingerprint density at radius 2 is 2.07 bits per heavy atom. The zero-order valence-electron chi connectivity index (χ0n) is 8.91. The largest absolute Gasteiger partial charge is 0.465 e. The molecule has 2 rings (SSSR count). The van der Waals surface area contributed by atoms with Gasteiger partial charge in [-0.15, -0.1) is 0 Å². The molecule has 0 spiro atoms. The highest BCUT2D eigenvalue weighted by molar-refractivity contribution is 5.06. The SMILES string of the molecule is Cc1cc(CNCc2ccc(C)o2)no1. The summed E-state index contributed by atoms with van der Waals surface area (Å²) < 4.78 is 10.4. The van der Waals surface area contributed by atoms with Gasteiger partial charge in [0.05, 0.1) is 12.2 Å². The first-order valence-corrected chi connectivity index (χ1v) is 4.92. The van der Waals surface area contributed by atoms with Gasteiger partial charge in [0.15, 0.2) is 0 Å². The quantitative estimate of drug-likeness (QED) is 0.833. The number of aryl methyl sites for hydroxylation is 2. The Bertz CT molecular complexity index is 391. The van der Waals surface area contributed by atoms with E-state index in [9.17, 15) is 0 Å². The lowest BCUT2D eigenvalue weighted by molar-refractivity contribution is 0.386. The average molecular weight is 206 g/mol. The third kappa shape index (κ3) is 2.70. The molecule has 0 atom stereocenters. The van der Waals surface area contributed by atoms with Gasteiger partial charge < -0.3 is 14.3 Å². The normalized spacial score (nSPS) is 10.8. The van der Waals surface area contributed by atoms with Crippen LogP contribution in [0, 0.1) is 13.8 Å². The maximum Gasteiger partial charge on any atom is 0.133 e. The fraction of sp³-hybridized carbons (Fsp3) is 0.364. The van der Waals surface area contributed by atoms with Crippen molar-refractivity contribution in [3.8, 4) is 0 Å². The van der Waals surface area contributed by atoms with E-state index in [-0.39, 0.29) is 0 Å². The number of hydrogen-bond acceptors (Lipinski definition) is 4. The molecule has 2 aromatic rings. The molecule has 0 saturated heterocycles. The summed E-state index contributed by atoms with van der Waals surface area (Å²) in [5.74, 6) is 2.71. The Morgan fingerprint density at radius 3 is 2.67 bits per heavy atom. The van der Waals surface area contributed by atoms with Crippen molar-refractivity contribution in [2.75, 3.05) is 0 Å². The van der Waals surface area contributed by atoms with Gasteiger partial charge in [-0.05, 0) is 26.0 Å². The van der Waals surface area contributed by atoms with E-state index in [0.717, 1.165) is 23.0 Å². The first kappa shape index (κ1) is 9.98. The molecule has 0 unspecified atom stereocenters. The van der Waals surface area contributed by atoms with Gasteiger partial charge >= 0.3 is 0 Å².